The molecule has 8 heteroatoms. The first-order valence-corrected chi connectivity index (χ1v) is 12.6. The van der Waals surface area contributed by atoms with Crippen LogP contribution in [0.3, 0.4) is 0 Å². The van der Waals surface area contributed by atoms with Gasteiger partial charge in [0.15, 0.2) is 5.16 Å². The summed E-state index contributed by atoms with van der Waals surface area (Å²) < 4.78 is 15.1. The molecule has 4 rings (SSSR count). The van der Waals surface area contributed by atoms with E-state index in [9.17, 15) is 14.0 Å². The van der Waals surface area contributed by atoms with Crippen LogP contribution in [0.5, 0.6) is 0 Å². The number of nitrogens with zero attached hydrogens (tertiary/aromatic N) is 2. The molecule has 1 saturated carbocycles. The van der Waals surface area contributed by atoms with Gasteiger partial charge in [-0.15, -0.1) is 0 Å². The van der Waals surface area contributed by atoms with Crippen molar-refractivity contribution >= 4 is 40.2 Å². The topological polar surface area (TPSA) is 64.0 Å². The molecule has 0 atom stereocenters. The van der Waals surface area contributed by atoms with E-state index in [0.29, 0.717) is 38.9 Å². The smallest absolute Gasteiger partial charge is 0.262 e. The largest absolute Gasteiger partial charge is 0.349 e. The summed E-state index contributed by atoms with van der Waals surface area (Å²) in [4.78, 5) is 30.8. The molecule has 1 fully saturated rings. The lowest BCUT2D eigenvalue weighted by Crippen LogP contribution is -2.32. The number of thioether (sulfide) groups is 1. The van der Waals surface area contributed by atoms with Crippen LogP contribution in [-0.2, 0) is 12.3 Å². The Morgan fingerprint density at radius 1 is 1.24 bits per heavy atom. The van der Waals surface area contributed by atoms with Gasteiger partial charge in [-0.3, -0.25) is 14.2 Å². The van der Waals surface area contributed by atoms with Crippen molar-refractivity contribution in [1.29, 1.82) is 0 Å². The van der Waals surface area contributed by atoms with Gasteiger partial charge in [0.2, 0.25) is 0 Å². The van der Waals surface area contributed by atoms with Gasteiger partial charge >= 0.3 is 0 Å². The molecule has 0 radical (unpaired) electrons. The highest BCUT2D eigenvalue weighted by Crippen LogP contribution is 2.27. The van der Waals surface area contributed by atoms with E-state index in [-0.39, 0.29) is 23.4 Å². The Labute approximate surface area is 201 Å². The van der Waals surface area contributed by atoms with E-state index in [0.717, 1.165) is 31.2 Å². The van der Waals surface area contributed by atoms with Gasteiger partial charge in [0.05, 0.1) is 10.9 Å². The lowest BCUT2D eigenvalue weighted by atomic mass is 10.1. The number of amides is 1. The summed E-state index contributed by atoms with van der Waals surface area (Å²) in [6.45, 7) is 4.60. The summed E-state index contributed by atoms with van der Waals surface area (Å²) >= 11 is 7.56. The van der Waals surface area contributed by atoms with Crippen molar-refractivity contribution in [1.82, 2.24) is 14.9 Å². The zero-order valence-electron chi connectivity index (χ0n) is 18.7. The number of rotatable bonds is 7. The molecule has 1 amide bonds. The Balaban J connectivity index is 1.67. The van der Waals surface area contributed by atoms with Crippen molar-refractivity contribution in [2.45, 2.75) is 63.0 Å². The van der Waals surface area contributed by atoms with Crippen LogP contribution in [0.1, 0.15) is 55.5 Å². The van der Waals surface area contributed by atoms with Crippen LogP contribution in [0, 0.1) is 11.7 Å². The molecular formula is C25H27ClFN3O2S. The number of hydrogen-bond acceptors (Lipinski definition) is 4. The second-order valence-corrected chi connectivity index (χ2v) is 10.3. The number of benzene rings is 2. The summed E-state index contributed by atoms with van der Waals surface area (Å²) in [5.74, 6) is 0.158. The van der Waals surface area contributed by atoms with Crippen molar-refractivity contribution in [2.75, 3.05) is 0 Å². The average Bonchev–Trinajstić information content (AvgIpc) is 3.28. The summed E-state index contributed by atoms with van der Waals surface area (Å²) in [5, 5.41) is 4.46. The molecular weight excluding hydrogens is 461 g/mol. The maximum Gasteiger partial charge on any atom is 0.262 e. The predicted octanol–water partition coefficient (Wildman–Crippen LogP) is 5.81. The molecule has 2 aromatic carbocycles. The van der Waals surface area contributed by atoms with Gasteiger partial charge in [0, 0.05) is 28.9 Å². The monoisotopic (exact) mass is 487 g/mol. The third kappa shape index (κ3) is 5.58. The highest BCUT2D eigenvalue weighted by atomic mass is 35.5. The van der Waals surface area contributed by atoms with Crippen molar-refractivity contribution in [2.24, 2.45) is 5.92 Å². The number of carbonyl (C=O) groups is 1. The third-order valence-electron chi connectivity index (χ3n) is 5.79. The van der Waals surface area contributed by atoms with E-state index in [4.69, 9.17) is 16.6 Å². The molecule has 1 heterocycles. The second kappa shape index (κ2) is 10.3. The minimum Gasteiger partial charge on any atom is -0.349 e. The maximum atomic E-state index is 13.4. The fourth-order valence-corrected chi connectivity index (χ4v) is 5.42. The van der Waals surface area contributed by atoms with Crippen LogP contribution >= 0.6 is 23.4 Å². The van der Waals surface area contributed by atoms with Gasteiger partial charge in [-0.25, -0.2) is 9.37 Å². The lowest BCUT2D eigenvalue weighted by Gasteiger charge is -2.16. The quantitative estimate of drug-likeness (QED) is 0.337. The Morgan fingerprint density at radius 2 is 2.00 bits per heavy atom. The van der Waals surface area contributed by atoms with Crippen molar-refractivity contribution < 1.29 is 9.18 Å². The molecule has 1 aromatic heterocycles. The van der Waals surface area contributed by atoms with E-state index in [1.807, 2.05) is 13.8 Å². The van der Waals surface area contributed by atoms with Crippen LogP contribution in [-0.4, -0.2) is 21.5 Å². The summed E-state index contributed by atoms with van der Waals surface area (Å²) in [5.41, 5.74) is 1.62. The van der Waals surface area contributed by atoms with Gasteiger partial charge in [0.25, 0.3) is 11.5 Å². The standard InChI is InChI=1S/C25H27ClFN3O2S/c1-15(2)13-30-24(32)20-10-8-16(23(31)28-19-5-3-4-6-19)11-22(20)29-25(30)33-14-17-7-9-18(27)12-21(17)26/h7-12,15,19H,3-6,13-14H2,1-2H3,(H,28,31). The van der Waals surface area contributed by atoms with Crippen LogP contribution in [0.15, 0.2) is 46.3 Å². The van der Waals surface area contributed by atoms with Crippen molar-refractivity contribution in [3.63, 3.8) is 0 Å². The highest BCUT2D eigenvalue weighted by molar-refractivity contribution is 7.98. The Bertz CT molecular complexity index is 1240. The maximum absolute atomic E-state index is 13.4. The first-order chi connectivity index (χ1) is 15.8. The van der Waals surface area contributed by atoms with E-state index in [1.54, 1.807) is 28.8 Å². The zero-order valence-corrected chi connectivity index (χ0v) is 20.3. The number of carbonyl (C=O) groups excluding carboxylic acids is 1. The van der Waals surface area contributed by atoms with Gasteiger partial charge in [-0.05, 0) is 54.7 Å². The molecule has 0 unspecified atom stereocenters. The summed E-state index contributed by atoms with van der Waals surface area (Å²) in [7, 11) is 0. The summed E-state index contributed by atoms with van der Waals surface area (Å²) in [6.07, 6.45) is 4.28. The van der Waals surface area contributed by atoms with Gasteiger partial charge < -0.3 is 5.32 Å². The average molecular weight is 488 g/mol. The van der Waals surface area contributed by atoms with Crippen LogP contribution in [0.2, 0.25) is 5.02 Å². The molecule has 33 heavy (non-hydrogen) atoms. The molecule has 1 N–H and O–H groups in total. The Morgan fingerprint density at radius 3 is 2.70 bits per heavy atom. The van der Waals surface area contributed by atoms with Crippen LogP contribution < -0.4 is 10.9 Å². The molecule has 1 aliphatic carbocycles. The van der Waals surface area contributed by atoms with Gasteiger partial charge in [0.1, 0.15) is 5.82 Å². The molecule has 3 aromatic rings. The summed E-state index contributed by atoms with van der Waals surface area (Å²) in [6, 6.07) is 9.58. The fourth-order valence-electron chi connectivity index (χ4n) is 4.10. The Kier molecular flexibility index (Phi) is 7.39. The minimum absolute atomic E-state index is 0.135. The number of aromatic nitrogens is 2. The molecule has 0 bridgehead atoms. The molecule has 174 valence electrons. The lowest BCUT2D eigenvalue weighted by molar-refractivity contribution is 0.0938. The van der Waals surface area contributed by atoms with E-state index in [1.165, 1.54) is 23.9 Å². The van der Waals surface area contributed by atoms with Gasteiger partial charge in [-0.2, -0.15) is 0 Å². The minimum atomic E-state index is -0.391. The SMILES string of the molecule is CC(C)Cn1c(SCc2ccc(F)cc2Cl)nc2cc(C(=O)NC3CCCC3)ccc2c1=O. The molecule has 0 saturated heterocycles. The highest BCUT2D eigenvalue weighted by Gasteiger charge is 2.19. The van der Waals surface area contributed by atoms with E-state index in [2.05, 4.69) is 5.32 Å². The normalized spacial score (nSPS) is 14.3. The third-order valence-corrected chi connectivity index (χ3v) is 7.17. The van der Waals surface area contributed by atoms with Crippen LogP contribution in [0.25, 0.3) is 10.9 Å². The fraction of sp³-hybridized carbons (Fsp3) is 0.400. The van der Waals surface area contributed by atoms with Crippen LogP contribution in [0.4, 0.5) is 4.39 Å². The number of fused-ring (bicyclic) bond motifs is 1. The van der Waals surface area contributed by atoms with Crippen molar-refractivity contribution in [3.05, 3.63) is 68.7 Å². The Hall–Kier alpha value is -2.38. The van der Waals surface area contributed by atoms with E-state index >= 15 is 0 Å². The molecule has 1 aliphatic rings. The van der Waals surface area contributed by atoms with Crippen molar-refractivity contribution in [3.8, 4) is 0 Å². The second-order valence-electron chi connectivity index (χ2n) is 8.92. The predicted molar refractivity (Wildman–Crippen MR) is 132 cm³/mol. The number of halogens is 2. The first kappa shape index (κ1) is 23.8. The molecule has 0 spiro atoms. The molecule has 5 nitrogen and oxygen atoms in total. The van der Waals surface area contributed by atoms with E-state index < -0.39 is 5.82 Å². The zero-order chi connectivity index (χ0) is 23.5. The number of nitrogens with one attached hydrogen (secondary N) is 1. The number of hydrogen-bond donors (Lipinski definition) is 1. The molecule has 0 aliphatic heterocycles. The van der Waals surface area contributed by atoms with Gasteiger partial charge in [-0.1, -0.05) is 56.1 Å². The first-order valence-electron chi connectivity index (χ1n) is 11.2.